The smallest absolute Gasteiger partial charge is 0.255 e. The number of carbonyl (C=O) groups is 8. The van der Waals surface area contributed by atoms with Crippen molar-refractivity contribution < 1.29 is 58.8 Å². The maximum absolute atomic E-state index is 13.8. The predicted molar refractivity (Wildman–Crippen MR) is 319 cm³/mol. The lowest BCUT2D eigenvalue weighted by Crippen LogP contribution is -2.47. The normalized spacial score (nSPS) is 20.3. The average Bonchev–Trinajstić information content (AvgIpc) is 3.64. The molecule has 0 aromatic heterocycles. The molecule has 3 unspecified atom stereocenters. The van der Waals surface area contributed by atoms with Crippen LogP contribution < -0.4 is 43.0 Å². The summed E-state index contributed by atoms with van der Waals surface area (Å²) in [6.07, 6.45) is 11.5. The van der Waals surface area contributed by atoms with Crippen LogP contribution in [0.3, 0.4) is 0 Å². The van der Waals surface area contributed by atoms with Gasteiger partial charge in [-0.2, -0.15) is 0 Å². The molecule has 1 aliphatic carbocycles. The van der Waals surface area contributed by atoms with Crippen LogP contribution in [0.2, 0.25) is 0 Å². The fourth-order valence-electron chi connectivity index (χ4n) is 9.92. The zero-order valence-corrected chi connectivity index (χ0v) is 49.8. The van der Waals surface area contributed by atoms with Crippen molar-refractivity contribution in [2.45, 2.75) is 124 Å². The number of allylic oxidation sites excluding steroid dienone is 3. The number of nitrogens with one attached hydrogen (secondary N) is 7. The van der Waals surface area contributed by atoms with Gasteiger partial charge in [0.15, 0.2) is 6.29 Å². The number of para-hydroxylation sites is 1. The molecule has 23 nitrogen and oxygen atoms in total. The van der Waals surface area contributed by atoms with Gasteiger partial charge in [-0.05, 0) is 116 Å². The van der Waals surface area contributed by atoms with Crippen LogP contribution in [0.15, 0.2) is 64.5 Å². The molecule has 0 saturated heterocycles. The number of phenolic OH excluding ortho intramolecular Hbond substituents is 1. The second-order valence-electron chi connectivity index (χ2n) is 21.3. The number of aromatic hydroxyl groups is 1. The fraction of sp³-hybridized carbons (Fsp3) is 0.633. The first-order valence-electron chi connectivity index (χ1n) is 29.8. The highest BCUT2D eigenvalue weighted by Gasteiger charge is 2.35. The Morgan fingerprint density at radius 3 is 2.11 bits per heavy atom. The molecule has 1 aliphatic heterocycles. The Labute approximate surface area is 490 Å². The molecule has 464 valence electrons. The van der Waals surface area contributed by atoms with E-state index in [9.17, 15) is 58.8 Å². The van der Waals surface area contributed by atoms with Crippen LogP contribution in [0.5, 0.6) is 5.75 Å². The monoisotopic (exact) mass is 1160 g/mol. The largest absolute Gasteiger partial charge is 0.507 e. The summed E-state index contributed by atoms with van der Waals surface area (Å²) in [4.78, 5) is 112. The molecule has 0 fully saturated rings. The molecule has 2 bridgehead atoms. The van der Waals surface area contributed by atoms with Gasteiger partial charge in [0.25, 0.3) is 17.7 Å². The summed E-state index contributed by atoms with van der Waals surface area (Å²) < 4.78 is 0. The van der Waals surface area contributed by atoms with Crippen molar-refractivity contribution in [3.8, 4) is 5.75 Å². The van der Waals surface area contributed by atoms with E-state index in [1.807, 2.05) is 9.80 Å². The lowest BCUT2D eigenvalue weighted by Gasteiger charge is -2.29. The van der Waals surface area contributed by atoms with E-state index >= 15 is 0 Å². The number of hydrogen-bond donors (Lipinski definition) is 12. The predicted octanol–water partition coefficient (Wildman–Crippen LogP) is 1.85. The van der Waals surface area contributed by atoms with E-state index in [2.05, 4.69) is 56.0 Å². The van der Waals surface area contributed by atoms with Gasteiger partial charge in [0.05, 0.1) is 40.9 Å². The first-order valence-corrected chi connectivity index (χ1v) is 29.8. The third kappa shape index (κ3) is 25.1. The Hall–Kier alpha value is -6.50. The van der Waals surface area contributed by atoms with Crippen LogP contribution >= 0.6 is 0 Å². The van der Waals surface area contributed by atoms with Crippen molar-refractivity contribution in [2.24, 2.45) is 17.6 Å². The van der Waals surface area contributed by atoms with Gasteiger partial charge < -0.3 is 68.3 Å². The second kappa shape index (κ2) is 39.9. The first kappa shape index (κ1) is 70.8. The number of rotatable bonds is 26. The molecule has 83 heavy (non-hydrogen) atoms. The number of nitrogens with two attached hydrogens (primary N) is 1. The zero-order valence-electron chi connectivity index (χ0n) is 49.8. The molecule has 2 aliphatic rings. The van der Waals surface area contributed by atoms with Crippen molar-refractivity contribution in [1.29, 1.82) is 0 Å². The Bertz CT molecular complexity index is 2390. The minimum Gasteiger partial charge on any atom is -0.507 e. The third-order valence-corrected chi connectivity index (χ3v) is 14.9. The van der Waals surface area contributed by atoms with E-state index in [1.54, 1.807) is 26.0 Å². The van der Waals surface area contributed by atoms with Gasteiger partial charge in [-0.1, -0.05) is 51.5 Å². The molecular formula is C60H97N11O12. The number of benzene rings is 1. The van der Waals surface area contributed by atoms with Gasteiger partial charge in [-0.15, -0.1) is 0 Å². The van der Waals surface area contributed by atoms with Crippen LogP contribution in [0, 0.1) is 11.8 Å². The molecule has 13 N–H and O–H groups in total. The number of aliphatic hydroxyl groups excluding tert-OH is 3. The summed E-state index contributed by atoms with van der Waals surface area (Å²) in [5.74, 6) is -5.47. The Morgan fingerprint density at radius 2 is 1.47 bits per heavy atom. The highest BCUT2D eigenvalue weighted by Crippen LogP contribution is 2.26. The molecule has 0 saturated carbocycles. The second-order valence-corrected chi connectivity index (χ2v) is 21.3. The lowest BCUT2D eigenvalue weighted by atomic mass is 9.84. The van der Waals surface area contributed by atoms with Crippen LogP contribution in [-0.2, 0) is 28.8 Å². The minimum absolute atomic E-state index is 0.0432. The molecule has 1 aromatic rings. The van der Waals surface area contributed by atoms with Crippen LogP contribution in [0.1, 0.15) is 132 Å². The van der Waals surface area contributed by atoms with E-state index in [0.29, 0.717) is 110 Å². The van der Waals surface area contributed by atoms with Gasteiger partial charge in [0.2, 0.25) is 23.6 Å². The van der Waals surface area contributed by atoms with Crippen molar-refractivity contribution in [3.05, 3.63) is 75.6 Å². The van der Waals surface area contributed by atoms with E-state index in [1.165, 1.54) is 31.2 Å². The van der Waals surface area contributed by atoms with Crippen molar-refractivity contribution >= 4 is 47.6 Å². The number of hydrogen-bond acceptors (Lipinski definition) is 16. The van der Waals surface area contributed by atoms with Crippen molar-refractivity contribution in [3.63, 3.8) is 0 Å². The van der Waals surface area contributed by atoms with E-state index in [-0.39, 0.29) is 84.6 Å². The number of unbranched alkanes of at least 4 members (excludes halogenated alkanes) is 1. The molecule has 7 amide bonds. The first-order chi connectivity index (χ1) is 39.9. The van der Waals surface area contributed by atoms with Gasteiger partial charge in [-0.25, -0.2) is 0 Å². The summed E-state index contributed by atoms with van der Waals surface area (Å²) in [7, 11) is 0. The van der Waals surface area contributed by atoms with Gasteiger partial charge in [-0.3, -0.25) is 48.2 Å². The van der Waals surface area contributed by atoms with Gasteiger partial charge in [0, 0.05) is 108 Å². The Kier molecular flexibility index (Phi) is 34.0. The zero-order chi connectivity index (χ0) is 61.1. The summed E-state index contributed by atoms with van der Waals surface area (Å²) in [6.45, 7) is 14.4. The summed E-state index contributed by atoms with van der Waals surface area (Å²) in [6, 6.07) is 4.04. The summed E-state index contributed by atoms with van der Waals surface area (Å²) in [5, 5.41) is 63.5. The standard InChI is InChI=1S/C60H97N11O12/c1-6-31-71(32-7-2)39-46(20-10-11-24-61)68-60(83)47(8-3)51(74)43(5)55(78)65-28-34-70(35-29-66-57(80)48-21-15-18-44(40-72)52(48)75)38-37-69-33-27-64-54(77)42(4)17-14-19-45(41-73)56(79)62-25-12-9-13-26-63-58(81)49-22-16-23-50(53(49)76)59(82)67-30-36-69/h8,15,18-19,21-22,40,42,46,50,53,73-76H,6-7,9-14,16-17,20,23-39,41,61H2,1-5H3,(H,62,79)(H,63,81)(H,64,77)(H,65,78)(H,66,80)(H,67,82)(H,68,83)/b45-19+,47-8+,51-43-/t42-,46?,50?,53?/m0/s1. The highest BCUT2D eigenvalue weighted by molar-refractivity contribution is 6.02. The molecule has 1 aromatic carbocycles. The number of aliphatic hydroxyl groups is 3. The molecular weight excluding hydrogens is 1070 g/mol. The van der Waals surface area contributed by atoms with Crippen LogP contribution in [-0.4, -0.2) is 206 Å². The fourth-order valence-corrected chi connectivity index (χ4v) is 9.92. The SMILES string of the molecule is C/C=C(C(=O)NC(CCCCN)CN(CCC)CCC)\C(O)=C(/C)C(=O)NCCN(CCNC(=O)c1cccc(C=O)c1O)CCN1CCNC(=O)C2CCC=C(C(=O)NCCCCCNC(=O)/C(CO)=C/CC[C@H](C)C(=O)NCC1)C2O. The highest BCUT2D eigenvalue weighted by atomic mass is 16.3. The third-order valence-electron chi connectivity index (χ3n) is 14.9. The summed E-state index contributed by atoms with van der Waals surface area (Å²) >= 11 is 0. The van der Waals surface area contributed by atoms with E-state index in [0.717, 1.165) is 38.8 Å². The molecule has 3 rings (SSSR count). The van der Waals surface area contributed by atoms with Crippen molar-refractivity contribution in [1.82, 2.24) is 51.9 Å². The van der Waals surface area contributed by atoms with Gasteiger partial charge in [0.1, 0.15) is 11.5 Å². The molecule has 0 spiro atoms. The topological polar surface area (TPSA) is 337 Å². The average molecular weight is 1160 g/mol. The van der Waals surface area contributed by atoms with Crippen LogP contribution in [0.25, 0.3) is 0 Å². The van der Waals surface area contributed by atoms with Gasteiger partial charge >= 0.3 is 0 Å². The number of fused-ring (bicyclic) bond motifs is 2. The van der Waals surface area contributed by atoms with Crippen LogP contribution in [0.4, 0.5) is 0 Å². The number of amides is 7. The molecule has 23 heteroatoms. The molecule has 0 radical (unpaired) electrons. The Balaban J connectivity index is 1.85. The number of aldehydes is 1. The maximum atomic E-state index is 13.8. The van der Waals surface area contributed by atoms with Crippen molar-refractivity contribution in [2.75, 3.05) is 111 Å². The number of nitrogens with zero attached hydrogens (tertiary/aromatic N) is 3. The molecule has 4 atom stereocenters. The molecule has 1 heterocycles. The quantitative estimate of drug-likeness (QED) is 0.0207. The van der Waals surface area contributed by atoms with E-state index in [4.69, 9.17) is 5.73 Å². The number of carbonyl (C=O) groups excluding carboxylic acids is 8. The number of phenols is 1. The maximum Gasteiger partial charge on any atom is 0.255 e. The Morgan fingerprint density at radius 1 is 0.819 bits per heavy atom. The lowest BCUT2D eigenvalue weighted by molar-refractivity contribution is -0.129. The minimum atomic E-state index is -1.33. The van der Waals surface area contributed by atoms with E-state index < -0.39 is 71.5 Å². The summed E-state index contributed by atoms with van der Waals surface area (Å²) in [5.41, 5.74) is 5.86.